The van der Waals surface area contributed by atoms with Crippen LogP contribution in [0.15, 0.2) is 0 Å². The molecule has 2 N–H and O–H groups in total. The normalized spacial score (nSPS) is 9.33. The van der Waals surface area contributed by atoms with Crippen LogP contribution in [0.25, 0.3) is 0 Å². The van der Waals surface area contributed by atoms with Gasteiger partial charge in [-0.3, -0.25) is 5.43 Å². The second-order valence-electron chi connectivity index (χ2n) is 1.87. The van der Waals surface area contributed by atoms with Crippen LogP contribution >= 0.6 is 12.2 Å². The molecule has 0 aliphatic heterocycles. The lowest BCUT2D eigenvalue weighted by Gasteiger charge is -2.14. The van der Waals surface area contributed by atoms with Crippen molar-refractivity contribution in [2.24, 2.45) is 0 Å². The fourth-order valence-electron chi connectivity index (χ4n) is 0.403. The van der Waals surface area contributed by atoms with E-state index in [-0.39, 0.29) is 0 Å². The van der Waals surface area contributed by atoms with Gasteiger partial charge in [-0.2, -0.15) is 0 Å². The number of hydrogen-bond donors (Lipinski definition) is 2. The van der Waals surface area contributed by atoms with Crippen LogP contribution in [0, 0.1) is 0 Å². The Kier molecular flexibility index (Phi) is 4.35. The van der Waals surface area contributed by atoms with Crippen molar-refractivity contribution >= 4 is 17.3 Å². The maximum Gasteiger partial charge on any atom is 0.180 e. The molecule has 0 aromatic rings. The Hall–Kier alpha value is -0.350. The molecule has 0 aromatic carbocycles. The van der Waals surface area contributed by atoms with Crippen LogP contribution in [0.5, 0.6) is 0 Å². The zero-order chi connectivity index (χ0) is 7.28. The van der Waals surface area contributed by atoms with Crippen molar-refractivity contribution in [3.63, 3.8) is 0 Å². The highest BCUT2D eigenvalue weighted by Crippen LogP contribution is 1.66. The fourth-order valence-corrected chi connectivity index (χ4v) is 0.730. The van der Waals surface area contributed by atoms with Crippen LogP contribution in [0.3, 0.4) is 0 Å². The Balaban J connectivity index is 3.27. The van der Waals surface area contributed by atoms with E-state index < -0.39 is 0 Å². The molecule has 4 heteroatoms. The quantitative estimate of drug-likeness (QED) is 0.423. The molecule has 0 amide bonds. The van der Waals surface area contributed by atoms with Gasteiger partial charge in [-0.1, -0.05) is 0 Å². The van der Waals surface area contributed by atoms with Crippen molar-refractivity contribution in [3.05, 3.63) is 0 Å². The van der Waals surface area contributed by atoms with Gasteiger partial charge in [-0.25, -0.2) is 5.01 Å². The van der Waals surface area contributed by atoms with Crippen molar-refractivity contribution in [3.8, 4) is 0 Å². The summed E-state index contributed by atoms with van der Waals surface area (Å²) >= 11 is 4.87. The lowest BCUT2D eigenvalue weighted by molar-refractivity contribution is 0.360. The molecule has 3 nitrogen and oxygen atoms in total. The minimum absolute atomic E-state index is 0.669. The van der Waals surface area contributed by atoms with E-state index >= 15 is 0 Å². The summed E-state index contributed by atoms with van der Waals surface area (Å²) in [6, 6.07) is 0. The predicted molar refractivity (Wildman–Crippen MR) is 43.1 cm³/mol. The Bertz CT molecular complexity index is 92.2. The monoisotopic (exact) mass is 147 g/mol. The van der Waals surface area contributed by atoms with E-state index in [0.29, 0.717) is 5.11 Å². The summed E-state index contributed by atoms with van der Waals surface area (Å²) in [7, 11) is 3.78. The van der Waals surface area contributed by atoms with E-state index in [9.17, 15) is 0 Å². The molecule has 0 spiro atoms. The first-order valence-electron chi connectivity index (χ1n) is 2.88. The second kappa shape index (κ2) is 4.52. The first-order valence-corrected chi connectivity index (χ1v) is 3.29. The van der Waals surface area contributed by atoms with Gasteiger partial charge >= 0.3 is 0 Å². The van der Waals surface area contributed by atoms with Gasteiger partial charge < -0.3 is 5.32 Å². The standard InChI is InChI=1S/C5H13N3S/c1-4-6-5(9)7-8(2)3/h4H2,1-3H3,(H2,6,7,9). The Morgan fingerprint density at radius 2 is 2.11 bits per heavy atom. The predicted octanol–water partition coefficient (Wildman–Crippen LogP) is -0.0530. The average Bonchev–Trinajstić information content (AvgIpc) is 1.63. The van der Waals surface area contributed by atoms with E-state index in [4.69, 9.17) is 12.2 Å². The highest BCUT2D eigenvalue weighted by molar-refractivity contribution is 7.80. The van der Waals surface area contributed by atoms with Crippen molar-refractivity contribution < 1.29 is 0 Å². The van der Waals surface area contributed by atoms with Crippen molar-refractivity contribution in [2.45, 2.75) is 6.92 Å². The molecular weight excluding hydrogens is 134 g/mol. The molecule has 0 unspecified atom stereocenters. The van der Waals surface area contributed by atoms with Crippen LogP contribution in [-0.4, -0.2) is 30.8 Å². The third kappa shape index (κ3) is 5.52. The zero-order valence-corrected chi connectivity index (χ0v) is 6.88. The highest BCUT2D eigenvalue weighted by atomic mass is 32.1. The van der Waals surface area contributed by atoms with Gasteiger partial charge in [0.1, 0.15) is 0 Å². The molecule has 9 heavy (non-hydrogen) atoms. The number of thiocarbonyl (C=S) groups is 1. The van der Waals surface area contributed by atoms with Gasteiger partial charge in [0, 0.05) is 20.6 Å². The first-order chi connectivity index (χ1) is 4.16. The molecule has 0 fully saturated rings. The summed E-state index contributed by atoms with van der Waals surface area (Å²) in [6.45, 7) is 2.86. The maximum atomic E-state index is 4.87. The van der Waals surface area contributed by atoms with E-state index in [0.717, 1.165) is 6.54 Å². The van der Waals surface area contributed by atoms with Gasteiger partial charge in [0.25, 0.3) is 0 Å². The molecule has 0 rings (SSSR count). The molecule has 0 aromatic heterocycles. The van der Waals surface area contributed by atoms with E-state index in [1.807, 2.05) is 21.0 Å². The van der Waals surface area contributed by atoms with Gasteiger partial charge in [0.15, 0.2) is 5.11 Å². The van der Waals surface area contributed by atoms with E-state index in [1.54, 1.807) is 5.01 Å². The first kappa shape index (κ1) is 8.65. The number of rotatable bonds is 2. The molecule has 0 aliphatic rings. The summed E-state index contributed by atoms with van der Waals surface area (Å²) in [6.07, 6.45) is 0. The summed E-state index contributed by atoms with van der Waals surface area (Å²) in [5, 5.41) is 5.42. The zero-order valence-electron chi connectivity index (χ0n) is 6.06. The maximum absolute atomic E-state index is 4.87. The minimum atomic E-state index is 0.669. The Morgan fingerprint density at radius 1 is 1.56 bits per heavy atom. The van der Waals surface area contributed by atoms with Gasteiger partial charge in [-0.15, -0.1) is 0 Å². The van der Waals surface area contributed by atoms with Crippen LogP contribution in [0.1, 0.15) is 6.92 Å². The van der Waals surface area contributed by atoms with Gasteiger partial charge in [0.05, 0.1) is 0 Å². The smallest absolute Gasteiger partial charge is 0.180 e. The SMILES string of the molecule is CCNC(=S)NN(C)C. The molecule has 0 saturated heterocycles. The Morgan fingerprint density at radius 3 is 2.44 bits per heavy atom. The van der Waals surface area contributed by atoms with Crippen molar-refractivity contribution in [1.29, 1.82) is 0 Å². The molecular formula is C5H13N3S. The molecule has 0 heterocycles. The Labute approximate surface area is 61.4 Å². The number of hydrogen-bond acceptors (Lipinski definition) is 2. The van der Waals surface area contributed by atoms with E-state index in [2.05, 4.69) is 10.7 Å². The van der Waals surface area contributed by atoms with Crippen molar-refractivity contribution in [2.75, 3.05) is 20.6 Å². The lowest BCUT2D eigenvalue weighted by Crippen LogP contribution is -2.42. The summed E-state index contributed by atoms with van der Waals surface area (Å²) in [5.74, 6) is 0. The third-order valence-electron chi connectivity index (χ3n) is 0.662. The van der Waals surface area contributed by atoms with Gasteiger partial charge in [0.2, 0.25) is 0 Å². The van der Waals surface area contributed by atoms with Crippen LogP contribution < -0.4 is 10.7 Å². The number of hydrazine groups is 1. The highest BCUT2D eigenvalue weighted by Gasteiger charge is 1.90. The van der Waals surface area contributed by atoms with Crippen LogP contribution in [0.2, 0.25) is 0 Å². The summed E-state index contributed by atoms with van der Waals surface area (Å²) < 4.78 is 0. The molecule has 0 saturated carbocycles. The topological polar surface area (TPSA) is 27.3 Å². The number of nitrogens with one attached hydrogen (secondary N) is 2. The second-order valence-corrected chi connectivity index (χ2v) is 2.27. The van der Waals surface area contributed by atoms with Crippen LogP contribution in [-0.2, 0) is 0 Å². The minimum Gasteiger partial charge on any atom is -0.362 e. The molecule has 0 bridgehead atoms. The summed E-state index contributed by atoms with van der Waals surface area (Å²) in [4.78, 5) is 0. The summed E-state index contributed by atoms with van der Waals surface area (Å²) in [5.41, 5.74) is 2.90. The molecule has 0 atom stereocenters. The van der Waals surface area contributed by atoms with Gasteiger partial charge in [-0.05, 0) is 19.1 Å². The number of nitrogens with zero attached hydrogens (tertiary/aromatic N) is 1. The van der Waals surface area contributed by atoms with Crippen molar-refractivity contribution in [1.82, 2.24) is 15.8 Å². The largest absolute Gasteiger partial charge is 0.362 e. The van der Waals surface area contributed by atoms with E-state index in [1.165, 1.54) is 0 Å². The van der Waals surface area contributed by atoms with Crippen LogP contribution in [0.4, 0.5) is 0 Å². The average molecular weight is 147 g/mol. The fraction of sp³-hybridized carbons (Fsp3) is 0.800. The molecule has 0 aliphatic carbocycles. The lowest BCUT2D eigenvalue weighted by atomic mass is 10.7. The molecule has 54 valence electrons. The molecule has 0 radical (unpaired) electrons. The third-order valence-corrected chi connectivity index (χ3v) is 0.898.